The Labute approximate surface area is 186 Å². The van der Waals surface area contributed by atoms with Crippen molar-refractivity contribution in [3.05, 3.63) is 62.5 Å². The van der Waals surface area contributed by atoms with E-state index < -0.39 is 5.66 Å². The van der Waals surface area contributed by atoms with Gasteiger partial charge in [-0.15, -0.1) is 0 Å². The van der Waals surface area contributed by atoms with Crippen LogP contribution in [0.15, 0.2) is 61.4 Å². The lowest BCUT2D eigenvalue weighted by Gasteiger charge is -2.13. The van der Waals surface area contributed by atoms with E-state index in [1.54, 1.807) is 0 Å². The second-order valence-electron chi connectivity index (χ2n) is 6.76. The number of carbonyl (C=O) groups is 1. The Kier molecular flexibility index (Phi) is 6.78. The molecule has 0 fully saturated rings. The van der Waals surface area contributed by atoms with Gasteiger partial charge < -0.3 is 5.32 Å². The number of nitrogens with zero attached hydrogens (tertiary/aromatic N) is 2. The summed E-state index contributed by atoms with van der Waals surface area (Å²) in [5, 5.41) is 3.76. The summed E-state index contributed by atoms with van der Waals surface area (Å²) in [6.07, 6.45) is 0.807. The number of aliphatic imine (C=N–C) groups is 2. The Morgan fingerprint density at radius 3 is 2.50 bits per heavy atom. The molecular weight excluding hydrogens is 502 g/mol. The molecule has 1 atom stereocenters. The number of rotatable bonds is 5. The number of aryl methyl sites for hydroxylation is 1. The molecule has 0 bridgehead atoms. The molecule has 0 radical (unpaired) electrons. The number of hydrogen-bond donors (Lipinski definition) is 1. The zero-order chi connectivity index (χ0) is 20.3. The maximum Gasteiger partial charge on any atom is 0.234 e. The number of benzene rings is 2. The van der Waals surface area contributed by atoms with Crippen molar-refractivity contribution in [2.24, 2.45) is 9.98 Å². The molecule has 2 aromatic carbocycles. The predicted molar refractivity (Wildman–Crippen MR) is 127 cm³/mol. The topological polar surface area (TPSA) is 53.8 Å². The van der Waals surface area contributed by atoms with Gasteiger partial charge in [0.2, 0.25) is 5.91 Å². The summed E-state index contributed by atoms with van der Waals surface area (Å²) in [4.78, 5) is 22.1. The van der Waals surface area contributed by atoms with Crippen molar-refractivity contribution < 1.29 is 4.79 Å². The first-order valence-electron chi connectivity index (χ1n) is 8.94. The fourth-order valence-electron chi connectivity index (χ4n) is 2.69. The van der Waals surface area contributed by atoms with Crippen molar-refractivity contribution in [1.29, 1.82) is 0 Å². The molecule has 1 amide bonds. The number of amides is 1. The summed E-state index contributed by atoms with van der Waals surface area (Å²) in [6, 6.07) is 13.8. The van der Waals surface area contributed by atoms with E-state index >= 15 is 0 Å². The van der Waals surface area contributed by atoms with E-state index in [1.807, 2.05) is 56.3 Å². The van der Waals surface area contributed by atoms with Gasteiger partial charge in [0.05, 0.1) is 11.5 Å². The Hall–Kier alpha value is -1.44. The van der Waals surface area contributed by atoms with E-state index in [1.165, 1.54) is 11.8 Å². The summed E-state index contributed by atoms with van der Waals surface area (Å²) in [6.45, 7) is 6.08. The molecule has 1 N–H and O–H groups in total. The molecule has 0 saturated carbocycles. The fourth-order valence-corrected chi connectivity index (χ4v) is 4.11. The molecule has 3 rings (SSSR count). The smallest absolute Gasteiger partial charge is 0.234 e. The van der Waals surface area contributed by atoms with Gasteiger partial charge in [-0.1, -0.05) is 62.7 Å². The lowest BCUT2D eigenvalue weighted by molar-refractivity contribution is -0.113. The van der Waals surface area contributed by atoms with Gasteiger partial charge in [0.1, 0.15) is 10.7 Å². The predicted octanol–water partition coefficient (Wildman–Crippen LogP) is 6.22. The molecule has 2 aromatic rings. The molecule has 1 heterocycles. The van der Waals surface area contributed by atoms with E-state index in [0.717, 1.165) is 42.9 Å². The number of carbonyl (C=O) groups excluding carboxylic acids is 1. The van der Waals surface area contributed by atoms with E-state index in [2.05, 4.69) is 44.1 Å². The average Bonchev–Trinajstić information content (AvgIpc) is 3.01. The minimum Gasteiger partial charge on any atom is -0.325 e. The van der Waals surface area contributed by atoms with Crippen LogP contribution in [0.2, 0.25) is 0 Å². The van der Waals surface area contributed by atoms with Gasteiger partial charge in [0.15, 0.2) is 0 Å². The number of hydrogen-bond acceptors (Lipinski definition) is 4. The molecule has 146 valence electrons. The van der Waals surface area contributed by atoms with Gasteiger partial charge in [0.25, 0.3) is 0 Å². The summed E-state index contributed by atoms with van der Waals surface area (Å²) >= 11 is 8.37. The van der Waals surface area contributed by atoms with Crippen LogP contribution in [-0.4, -0.2) is 28.1 Å². The monoisotopic (exact) mass is 521 g/mol. The molecular formula is C21H21Br2N3OS. The highest BCUT2D eigenvalue weighted by Gasteiger charge is 2.31. The summed E-state index contributed by atoms with van der Waals surface area (Å²) in [7, 11) is 0. The zero-order valence-electron chi connectivity index (χ0n) is 15.9. The van der Waals surface area contributed by atoms with Crippen LogP contribution in [0, 0.1) is 6.92 Å². The SMILES string of the molecule is CC[C@@]1(C)N=C(SCC(=O)Nc2ccc(Br)c(C)c2)C(c2ccc(Br)cc2)=N1. The molecule has 0 aromatic heterocycles. The minimum atomic E-state index is -0.468. The van der Waals surface area contributed by atoms with E-state index in [4.69, 9.17) is 9.98 Å². The van der Waals surface area contributed by atoms with Crippen molar-refractivity contribution in [3.63, 3.8) is 0 Å². The molecule has 1 aliphatic rings. The Balaban J connectivity index is 1.71. The highest BCUT2D eigenvalue weighted by atomic mass is 79.9. The van der Waals surface area contributed by atoms with Crippen LogP contribution in [0.25, 0.3) is 0 Å². The lowest BCUT2D eigenvalue weighted by Crippen LogP contribution is -2.17. The van der Waals surface area contributed by atoms with Crippen molar-refractivity contribution >= 4 is 66.0 Å². The van der Waals surface area contributed by atoms with Gasteiger partial charge in [-0.3, -0.25) is 9.79 Å². The third-order valence-electron chi connectivity index (χ3n) is 4.47. The van der Waals surface area contributed by atoms with Gasteiger partial charge in [-0.05, 0) is 56.2 Å². The van der Waals surface area contributed by atoms with Crippen LogP contribution in [-0.2, 0) is 4.79 Å². The molecule has 0 spiro atoms. The highest BCUT2D eigenvalue weighted by molar-refractivity contribution is 9.10. The van der Waals surface area contributed by atoms with Crippen molar-refractivity contribution in [3.8, 4) is 0 Å². The normalized spacial score (nSPS) is 18.6. The van der Waals surface area contributed by atoms with Gasteiger partial charge in [-0.25, -0.2) is 4.99 Å². The van der Waals surface area contributed by atoms with Gasteiger partial charge in [0, 0.05) is 20.2 Å². The Morgan fingerprint density at radius 2 is 1.86 bits per heavy atom. The third kappa shape index (κ3) is 5.13. The summed E-state index contributed by atoms with van der Waals surface area (Å²) in [5.74, 6) is 0.221. The van der Waals surface area contributed by atoms with Gasteiger partial charge in [-0.2, -0.15) is 0 Å². The van der Waals surface area contributed by atoms with E-state index in [-0.39, 0.29) is 11.7 Å². The molecule has 0 unspecified atom stereocenters. The number of thioether (sulfide) groups is 1. The molecule has 0 aliphatic carbocycles. The van der Waals surface area contributed by atoms with E-state index in [9.17, 15) is 4.79 Å². The Bertz CT molecular complexity index is 957. The van der Waals surface area contributed by atoms with Crippen molar-refractivity contribution in [2.45, 2.75) is 32.9 Å². The molecule has 4 nitrogen and oxygen atoms in total. The second-order valence-corrected chi connectivity index (χ2v) is 9.49. The molecule has 28 heavy (non-hydrogen) atoms. The maximum absolute atomic E-state index is 12.4. The van der Waals surface area contributed by atoms with Crippen LogP contribution >= 0.6 is 43.6 Å². The van der Waals surface area contributed by atoms with Crippen LogP contribution in [0.5, 0.6) is 0 Å². The largest absolute Gasteiger partial charge is 0.325 e. The zero-order valence-corrected chi connectivity index (χ0v) is 19.9. The quantitative estimate of drug-likeness (QED) is 0.506. The van der Waals surface area contributed by atoms with Crippen LogP contribution < -0.4 is 5.32 Å². The lowest BCUT2D eigenvalue weighted by atomic mass is 10.1. The van der Waals surface area contributed by atoms with Crippen LogP contribution in [0.1, 0.15) is 31.4 Å². The fraction of sp³-hybridized carbons (Fsp3) is 0.286. The molecule has 7 heteroatoms. The van der Waals surface area contributed by atoms with Crippen LogP contribution in [0.3, 0.4) is 0 Å². The Morgan fingerprint density at radius 1 is 1.14 bits per heavy atom. The molecule has 0 saturated heterocycles. The number of anilines is 1. The second kappa shape index (κ2) is 8.93. The summed E-state index contributed by atoms with van der Waals surface area (Å²) < 4.78 is 2.04. The van der Waals surface area contributed by atoms with E-state index in [0.29, 0.717) is 0 Å². The molecule has 1 aliphatic heterocycles. The number of halogens is 2. The maximum atomic E-state index is 12.4. The standard InChI is InChI=1S/C21H21Br2N3OS/c1-4-21(3)25-19(14-5-7-15(22)8-6-14)20(26-21)28-12-18(27)24-16-9-10-17(23)13(2)11-16/h5-11H,4,12H2,1-3H3,(H,24,27)/t21-/m1/s1. The van der Waals surface area contributed by atoms with Crippen molar-refractivity contribution in [2.75, 3.05) is 11.1 Å². The highest BCUT2D eigenvalue weighted by Crippen LogP contribution is 2.30. The third-order valence-corrected chi connectivity index (χ3v) is 6.85. The number of nitrogens with one attached hydrogen (secondary N) is 1. The van der Waals surface area contributed by atoms with Crippen molar-refractivity contribution in [1.82, 2.24) is 0 Å². The first-order chi connectivity index (χ1) is 13.3. The minimum absolute atomic E-state index is 0.0605. The first-order valence-corrected chi connectivity index (χ1v) is 11.5. The average molecular weight is 523 g/mol. The van der Waals surface area contributed by atoms with Gasteiger partial charge >= 0.3 is 0 Å². The van der Waals surface area contributed by atoms with Crippen LogP contribution in [0.4, 0.5) is 5.69 Å². The first kappa shape index (κ1) is 21.3. The summed E-state index contributed by atoms with van der Waals surface area (Å²) in [5.41, 5.74) is 3.27.